The second kappa shape index (κ2) is 5.27. The summed E-state index contributed by atoms with van der Waals surface area (Å²) >= 11 is 0. The van der Waals surface area contributed by atoms with E-state index in [9.17, 15) is 14.7 Å². The lowest BCUT2D eigenvalue weighted by atomic mass is 9.96. The lowest BCUT2D eigenvalue weighted by Gasteiger charge is -2.23. The summed E-state index contributed by atoms with van der Waals surface area (Å²) in [6.07, 6.45) is -1.42. The Bertz CT molecular complexity index is 280. The number of cyclic esters (lactones) is 2. The first kappa shape index (κ1) is 12.9. The molecule has 0 amide bonds. The third-order valence-electron chi connectivity index (χ3n) is 2.65. The number of ether oxygens (including phenoxy) is 2. The molecular weight excluding hydrogens is 214 g/mol. The largest absolute Gasteiger partial charge is 0.463 e. The van der Waals surface area contributed by atoms with Gasteiger partial charge >= 0.3 is 11.9 Å². The van der Waals surface area contributed by atoms with Gasteiger partial charge in [-0.05, 0) is 13.3 Å². The summed E-state index contributed by atoms with van der Waals surface area (Å²) in [6, 6.07) is -0.991. The van der Waals surface area contributed by atoms with Gasteiger partial charge in [0.2, 0.25) is 0 Å². The Kier molecular flexibility index (Phi) is 4.26. The molecule has 0 aliphatic carbocycles. The second-order valence-electron chi connectivity index (χ2n) is 3.88. The Morgan fingerprint density at radius 2 is 2.06 bits per heavy atom. The zero-order chi connectivity index (χ0) is 12.3. The zero-order valence-corrected chi connectivity index (χ0v) is 9.38. The van der Waals surface area contributed by atoms with Gasteiger partial charge in [-0.1, -0.05) is 6.92 Å². The van der Waals surface area contributed by atoms with Crippen molar-refractivity contribution in [1.82, 2.24) is 0 Å². The predicted octanol–water partition coefficient (Wildman–Crippen LogP) is -0.811. The van der Waals surface area contributed by atoms with Crippen LogP contribution in [0.25, 0.3) is 0 Å². The monoisotopic (exact) mass is 231 g/mol. The Morgan fingerprint density at radius 3 is 2.62 bits per heavy atom. The van der Waals surface area contributed by atoms with Crippen LogP contribution < -0.4 is 5.73 Å². The van der Waals surface area contributed by atoms with Gasteiger partial charge in [0.1, 0.15) is 24.9 Å². The number of hydrogen-bond acceptors (Lipinski definition) is 6. The molecule has 0 aromatic heterocycles. The first-order chi connectivity index (χ1) is 7.47. The number of nitrogens with two attached hydrogens (primary N) is 1. The summed E-state index contributed by atoms with van der Waals surface area (Å²) in [4.78, 5) is 22.9. The van der Waals surface area contributed by atoms with Crippen LogP contribution in [0.15, 0.2) is 0 Å². The van der Waals surface area contributed by atoms with Crippen LogP contribution in [-0.2, 0) is 19.1 Å². The molecule has 0 bridgehead atoms. The van der Waals surface area contributed by atoms with Crippen molar-refractivity contribution in [2.45, 2.75) is 38.5 Å². The molecule has 4 unspecified atom stereocenters. The zero-order valence-electron chi connectivity index (χ0n) is 9.38. The van der Waals surface area contributed by atoms with Crippen LogP contribution in [0.3, 0.4) is 0 Å². The number of carbonyl (C=O) groups is 2. The molecule has 0 saturated carbocycles. The van der Waals surface area contributed by atoms with E-state index in [2.05, 4.69) is 0 Å². The Morgan fingerprint density at radius 1 is 1.44 bits per heavy atom. The van der Waals surface area contributed by atoms with Gasteiger partial charge in [0.15, 0.2) is 0 Å². The maximum absolute atomic E-state index is 11.6. The Balaban J connectivity index is 2.86. The van der Waals surface area contributed by atoms with Crippen molar-refractivity contribution in [2.24, 2.45) is 11.7 Å². The van der Waals surface area contributed by atoms with E-state index >= 15 is 0 Å². The van der Waals surface area contributed by atoms with E-state index in [1.807, 2.05) is 0 Å². The van der Waals surface area contributed by atoms with Crippen LogP contribution in [-0.4, -0.2) is 41.9 Å². The average molecular weight is 231 g/mol. The third kappa shape index (κ3) is 2.70. The third-order valence-corrected chi connectivity index (χ3v) is 2.65. The second-order valence-corrected chi connectivity index (χ2v) is 3.88. The predicted molar refractivity (Wildman–Crippen MR) is 54.3 cm³/mol. The molecule has 0 aromatic carbocycles. The molecule has 1 saturated heterocycles. The van der Waals surface area contributed by atoms with Gasteiger partial charge in [-0.2, -0.15) is 0 Å². The van der Waals surface area contributed by atoms with E-state index in [1.54, 1.807) is 6.92 Å². The lowest BCUT2D eigenvalue weighted by molar-refractivity contribution is -0.159. The van der Waals surface area contributed by atoms with Crippen molar-refractivity contribution in [2.75, 3.05) is 6.61 Å². The molecule has 16 heavy (non-hydrogen) atoms. The fraction of sp³-hybridized carbons (Fsp3) is 0.800. The van der Waals surface area contributed by atoms with Crippen LogP contribution in [0.2, 0.25) is 0 Å². The van der Waals surface area contributed by atoms with E-state index in [0.29, 0.717) is 6.42 Å². The molecule has 6 nitrogen and oxygen atoms in total. The molecule has 0 radical (unpaired) electrons. The lowest BCUT2D eigenvalue weighted by Crippen LogP contribution is -2.40. The Hall–Kier alpha value is -1.14. The summed E-state index contributed by atoms with van der Waals surface area (Å²) in [6.45, 7) is 3.06. The number of rotatable bonds is 1. The SMILES string of the molecule is CCC1C(=O)OCC(N)C(=O)OC(C)C1O. The van der Waals surface area contributed by atoms with Gasteiger partial charge in [0.25, 0.3) is 0 Å². The van der Waals surface area contributed by atoms with Crippen molar-refractivity contribution < 1.29 is 24.2 Å². The minimum Gasteiger partial charge on any atom is -0.463 e. The average Bonchev–Trinajstić information content (AvgIpc) is 2.27. The molecule has 6 heteroatoms. The number of carbonyl (C=O) groups excluding carboxylic acids is 2. The maximum Gasteiger partial charge on any atom is 0.326 e. The summed E-state index contributed by atoms with van der Waals surface area (Å²) in [5.74, 6) is -1.90. The van der Waals surface area contributed by atoms with Gasteiger partial charge in [-0.3, -0.25) is 9.59 Å². The summed E-state index contributed by atoms with van der Waals surface area (Å²) in [5.41, 5.74) is 5.44. The smallest absolute Gasteiger partial charge is 0.326 e. The van der Waals surface area contributed by atoms with Gasteiger partial charge < -0.3 is 20.3 Å². The van der Waals surface area contributed by atoms with Gasteiger partial charge in [0, 0.05) is 0 Å². The minimum atomic E-state index is -1.06. The number of esters is 2. The highest BCUT2D eigenvalue weighted by Crippen LogP contribution is 2.18. The quantitative estimate of drug-likeness (QED) is 0.573. The van der Waals surface area contributed by atoms with Gasteiger partial charge in [-0.15, -0.1) is 0 Å². The molecule has 1 fully saturated rings. The molecule has 1 rings (SSSR count). The fourth-order valence-electron chi connectivity index (χ4n) is 1.56. The van der Waals surface area contributed by atoms with Crippen LogP contribution in [0.1, 0.15) is 20.3 Å². The molecule has 0 spiro atoms. The van der Waals surface area contributed by atoms with E-state index in [0.717, 1.165) is 0 Å². The van der Waals surface area contributed by atoms with E-state index < -0.39 is 36.1 Å². The van der Waals surface area contributed by atoms with Crippen molar-refractivity contribution in [3.8, 4) is 0 Å². The first-order valence-electron chi connectivity index (χ1n) is 5.28. The van der Waals surface area contributed by atoms with Crippen molar-refractivity contribution >= 4 is 11.9 Å². The highest BCUT2D eigenvalue weighted by molar-refractivity contribution is 5.78. The number of aliphatic hydroxyl groups is 1. The van der Waals surface area contributed by atoms with Crippen LogP contribution in [0.4, 0.5) is 0 Å². The molecule has 4 atom stereocenters. The van der Waals surface area contributed by atoms with Crippen molar-refractivity contribution in [1.29, 1.82) is 0 Å². The van der Waals surface area contributed by atoms with Crippen LogP contribution >= 0.6 is 0 Å². The summed E-state index contributed by atoms with van der Waals surface area (Å²) < 4.78 is 9.77. The number of aliphatic hydroxyl groups excluding tert-OH is 1. The van der Waals surface area contributed by atoms with Gasteiger partial charge in [0.05, 0.1) is 5.92 Å². The highest BCUT2D eigenvalue weighted by Gasteiger charge is 2.35. The van der Waals surface area contributed by atoms with E-state index in [1.165, 1.54) is 6.92 Å². The summed E-state index contributed by atoms with van der Waals surface area (Å²) in [5, 5.41) is 9.82. The van der Waals surface area contributed by atoms with Gasteiger partial charge in [-0.25, -0.2) is 0 Å². The van der Waals surface area contributed by atoms with Crippen LogP contribution in [0, 0.1) is 5.92 Å². The van der Waals surface area contributed by atoms with E-state index in [-0.39, 0.29) is 6.61 Å². The van der Waals surface area contributed by atoms with E-state index in [4.69, 9.17) is 15.2 Å². The highest BCUT2D eigenvalue weighted by atomic mass is 16.6. The normalized spacial score (nSPS) is 36.8. The summed E-state index contributed by atoms with van der Waals surface area (Å²) in [7, 11) is 0. The fourth-order valence-corrected chi connectivity index (χ4v) is 1.56. The maximum atomic E-state index is 11.6. The molecule has 1 heterocycles. The van der Waals surface area contributed by atoms with Crippen LogP contribution in [0.5, 0.6) is 0 Å². The Labute approximate surface area is 93.7 Å². The molecule has 0 aromatic rings. The van der Waals surface area contributed by atoms with Crippen molar-refractivity contribution in [3.05, 3.63) is 0 Å². The topological polar surface area (TPSA) is 98.9 Å². The minimum absolute atomic E-state index is 0.215. The molecule has 1 aliphatic rings. The number of hydrogen-bond donors (Lipinski definition) is 2. The first-order valence-corrected chi connectivity index (χ1v) is 5.28. The molecule has 1 aliphatic heterocycles. The molecular formula is C10H17NO5. The molecule has 3 N–H and O–H groups in total. The standard InChI is InChI=1S/C10H17NO5/c1-3-6-8(12)5(2)16-10(14)7(11)4-15-9(6)13/h5-8,12H,3-4,11H2,1-2H3. The van der Waals surface area contributed by atoms with Crippen molar-refractivity contribution in [3.63, 3.8) is 0 Å². The molecule has 92 valence electrons.